The molecule has 0 unspecified atom stereocenters. The summed E-state index contributed by atoms with van der Waals surface area (Å²) in [6.07, 6.45) is 5.21. The number of fused-ring (bicyclic) bond motifs is 9. The summed E-state index contributed by atoms with van der Waals surface area (Å²) in [6.45, 7) is 12.3. The number of esters is 3. The summed E-state index contributed by atoms with van der Waals surface area (Å²) < 4.78 is 135. The zero-order valence-electron chi connectivity index (χ0n) is 67.9. The van der Waals surface area contributed by atoms with Crippen LogP contribution >= 0.6 is 45.3 Å². The fourth-order valence-corrected chi connectivity index (χ4v) is 22.6. The number of ether oxygens (including phenoxy) is 4. The first-order valence-electron chi connectivity index (χ1n) is 41.8. The third-order valence-electron chi connectivity index (χ3n) is 26.0. The van der Waals surface area contributed by atoms with Gasteiger partial charge in [-0.15, -0.1) is 45.3 Å². The number of aromatic hydroxyl groups is 1. The molecule has 2 aromatic carbocycles. The molecule has 13 heterocycles. The number of ketones is 2. The molecule has 18 rings (SSSR count). The minimum atomic E-state index is -5.19. The number of carbonyl (C=O) groups excluding carboxylic acids is 8. The second-order valence-electron chi connectivity index (χ2n) is 33.7. The van der Waals surface area contributed by atoms with E-state index >= 15 is 0 Å². The zero-order valence-corrected chi connectivity index (χ0v) is 71.1. The van der Waals surface area contributed by atoms with Crippen molar-refractivity contribution in [3.8, 4) is 11.5 Å². The molecule has 0 amide bonds. The maximum Gasteiger partial charge on any atom is 0.430 e. The Labute approximate surface area is 722 Å². The SMILES string of the molecule is O=C(CCC[N+]12CCC(CC1)[C@@H](OC(=O)[C@](O)(c1cccs1)C1CCCC1)C2)c1ccc(F)cc1.O=C(CCC[N+]12CCC(CC1)[C@@H](OC(=O)[C@](O)(c1cccs1)C1CCCC1)C2)c1cccs1.O=C(O[C@H]1C[N+]2(CCCOc3cccc(O)c3)CCC1CC2)[C@](O)(c1cccs1)C1CCCC1.O=C([O-])C(F)(F)F.O=C([O-])C(F)(F)F.O=C([O-])C(F)(F)F. The van der Waals surface area contributed by atoms with Crippen molar-refractivity contribution in [2.75, 3.05) is 85.1 Å². The van der Waals surface area contributed by atoms with Crippen molar-refractivity contribution in [3.05, 3.63) is 149 Å². The summed E-state index contributed by atoms with van der Waals surface area (Å²) >= 11 is 5.84. The number of phenols is 1. The smallest absolute Gasteiger partial charge is 0.430 e. The fourth-order valence-electron chi connectivity index (χ4n) is 19.3. The Morgan fingerprint density at radius 2 is 0.724 bits per heavy atom. The van der Waals surface area contributed by atoms with E-state index in [0.29, 0.717) is 53.4 Å². The van der Waals surface area contributed by atoms with Gasteiger partial charge in [0.1, 0.15) is 54.9 Å². The minimum Gasteiger partial charge on any atom is -0.542 e. The van der Waals surface area contributed by atoms with E-state index in [-0.39, 0.29) is 59.2 Å². The Bertz CT molecular complexity index is 4340. The topological polar surface area (TPSA) is 324 Å². The van der Waals surface area contributed by atoms with E-state index in [0.717, 1.165) is 241 Å². The molecule has 3 aliphatic carbocycles. The van der Waals surface area contributed by atoms with E-state index in [1.54, 1.807) is 30.3 Å². The van der Waals surface area contributed by atoms with Crippen LogP contribution in [0.25, 0.3) is 0 Å². The second kappa shape index (κ2) is 42.6. The maximum absolute atomic E-state index is 13.5. The summed E-state index contributed by atoms with van der Waals surface area (Å²) in [5, 5.41) is 78.8. The summed E-state index contributed by atoms with van der Waals surface area (Å²) in [4.78, 5) is 94.9. The third-order valence-corrected chi connectivity index (χ3v) is 29.8. The molecule has 6 aromatic rings. The lowest BCUT2D eigenvalue weighted by Gasteiger charge is -2.52. The van der Waals surface area contributed by atoms with Crippen molar-refractivity contribution in [2.24, 2.45) is 35.5 Å². The van der Waals surface area contributed by atoms with Gasteiger partial charge in [0.25, 0.3) is 0 Å². The van der Waals surface area contributed by atoms with Crippen LogP contribution in [0.5, 0.6) is 11.5 Å². The van der Waals surface area contributed by atoms with Gasteiger partial charge in [0.05, 0.1) is 70.4 Å². The van der Waals surface area contributed by atoms with Crippen LogP contribution < -0.4 is 20.1 Å². The number of rotatable bonds is 27. The number of aliphatic hydroxyl groups is 3. The van der Waals surface area contributed by atoms with Gasteiger partial charge in [-0.3, -0.25) is 9.59 Å². The van der Waals surface area contributed by atoms with Crippen molar-refractivity contribution in [1.82, 2.24) is 0 Å². The first-order chi connectivity index (χ1) is 58.2. The number of hydrogen-bond donors (Lipinski definition) is 4. The Balaban J connectivity index is 0.000000172. The maximum atomic E-state index is 13.5. The van der Waals surface area contributed by atoms with Gasteiger partial charge < -0.3 is 82.5 Å². The number of nitrogens with zero attached hydrogens (tertiary/aromatic N) is 3. The summed E-state index contributed by atoms with van der Waals surface area (Å²) in [7, 11) is 0. The van der Waals surface area contributed by atoms with E-state index in [4.69, 9.17) is 48.7 Å². The first kappa shape index (κ1) is 97.3. The number of thiophene rings is 4. The molecule has 6 bridgehead atoms. The number of hydrogen-bond acceptors (Lipinski definition) is 23. The van der Waals surface area contributed by atoms with Gasteiger partial charge in [-0.25, -0.2) is 18.8 Å². The molecule has 123 heavy (non-hydrogen) atoms. The average molecular weight is 1820 g/mol. The second-order valence-corrected chi connectivity index (χ2v) is 37.5. The minimum absolute atomic E-state index is 0.0376. The number of carboxylic acid groups (broad SMARTS) is 3. The van der Waals surface area contributed by atoms with Crippen LogP contribution in [0, 0.1) is 41.3 Å². The third kappa shape index (κ3) is 25.3. The molecule has 36 heteroatoms. The van der Waals surface area contributed by atoms with Crippen molar-refractivity contribution in [2.45, 2.75) is 201 Å². The standard InChI is InChI=1S/C28H35FNO4S.C27H35NO5S.C26H34NO4S2.3C2HF3O2/c29-23-11-9-20(10-12-23)24(31)7-3-15-30-16-13-21(14-17-30)25(19-30)34-27(32)28(33,22-5-1-2-6-22)26-8-4-18-35-26;29-22-8-3-9-23(18-22)32-16-5-13-28-14-11-20(12-15-28)24(19-28)33-26(30)27(31,21-6-1-2-7-21)25-10-4-17-34-25;28-21(23-9-4-16-32-23)8-3-13-27-14-11-19(12-15-27)22(18-27)31-25(29)26(30,20-6-1-2-7-20)24-10-5-17-33-24;3*3-2(4,5)1(6)7/h4,8-12,18,21-22,25,33H,1-3,5-7,13-17,19H2;3-4,8-10,17-18,20-21,24,31H,1-2,5-7,11-16,19H2;4-5,9-10,16-17,19-20,22,30H,1-3,6-8,11-15,18H2;3*(H,6,7)/q+1;;+1;;;/p-2/t21?,25-,28+,30?;20?,24-,27+,28?;19?,22-,26+,27?;;;/m000.../s1. The van der Waals surface area contributed by atoms with Gasteiger partial charge in [-0.1, -0.05) is 68.9 Å². The van der Waals surface area contributed by atoms with E-state index in [2.05, 4.69) is 0 Å². The molecule has 4 aromatic heterocycles. The molecular formula is C87H105F10N3O19S4. The van der Waals surface area contributed by atoms with Crippen molar-refractivity contribution >= 4 is 92.7 Å². The Hall–Kier alpha value is -7.94. The van der Waals surface area contributed by atoms with E-state index in [1.165, 1.54) is 57.5 Å². The zero-order chi connectivity index (χ0) is 89.2. The summed E-state index contributed by atoms with van der Waals surface area (Å²) in [5.41, 5.74) is -4.04. The molecule has 6 atom stereocenters. The number of benzene rings is 2. The Morgan fingerprint density at radius 1 is 0.407 bits per heavy atom. The van der Waals surface area contributed by atoms with Gasteiger partial charge in [0.15, 0.2) is 46.7 Å². The molecule has 0 spiro atoms. The van der Waals surface area contributed by atoms with Crippen LogP contribution in [-0.2, 0) is 59.8 Å². The lowest BCUT2D eigenvalue weighted by molar-refractivity contribution is -0.946. The number of alkyl halides is 9. The predicted octanol–water partition coefficient (Wildman–Crippen LogP) is 12.4. The number of quaternary nitrogens is 3. The van der Waals surface area contributed by atoms with Crippen LogP contribution in [0.2, 0.25) is 0 Å². The van der Waals surface area contributed by atoms with Crippen molar-refractivity contribution < 1.29 is 150 Å². The summed E-state index contributed by atoms with van der Waals surface area (Å²) in [5.74, 6) is -8.63. The molecule has 9 saturated heterocycles. The number of aliphatic carboxylic acids is 3. The monoisotopic (exact) mass is 1810 g/mol. The number of halogens is 10. The number of Topliss-reactive ketones (excluding diaryl/α,β-unsaturated/α-hetero) is 2. The van der Waals surface area contributed by atoms with Crippen LogP contribution in [-0.4, -0.2) is 203 Å². The Kier molecular flexibility index (Phi) is 33.7. The van der Waals surface area contributed by atoms with Gasteiger partial charge in [-0.05, 0) is 121 Å². The normalized spacial score (nSPS) is 25.6. The van der Waals surface area contributed by atoms with Crippen LogP contribution in [0.3, 0.4) is 0 Å². The molecule has 4 N–H and O–H groups in total. The van der Waals surface area contributed by atoms with Crippen molar-refractivity contribution in [3.63, 3.8) is 0 Å². The molecular weight excluding hydrogens is 1710 g/mol. The highest BCUT2D eigenvalue weighted by Crippen LogP contribution is 2.49. The predicted molar refractivity (Wildman–Crippen MR) is 427 cm³/mol. The quantitative estimate of drug-likeness (QED) is 0.00929. The molecule has 9 aliphatic heterocycles. The Morgan fingerprint density at radius 3 is 1.02 bits per heavy atom. The summed E-state index contributed by atoms with van der Waals surface area (Å²) in [6, 6.07) is 27.8. The van der Waals surface area contributed by atoms with E-state index < -0.39 is 71.1 Å². The van der Waals surface area contributed by atoms with Crippen LogP contribution in [0.4, 0.5) is 43.9 Å². The van der Waals surface area contributed by atoms with Crippen LogP contribution in [0.15, 0.2) is 119 Å². The molecule has 22 nitrogen and oxygen atoms in total. The largest absolute Gasteiger partial charge is 0.542 e. The fraction of sp³-hybridized carbons (Fsp3) is 0.586. The number of piperidine rings is 9. The highest BCUT2D eigenvalue weighted by Gasteiger charge is 2.57. The van der Waals surface area contributed by atoms with Gasteiger partial charge >= 0.3 is 36.4 Å². The molecule has 12 aliphatic rings. The number of carbonyl (C=O) groups is 8. The van der Waals surface area contributed by atoms with Gasteiger partial charge in [0, 0.05) is 132 Å². The lowest BCUT2D eigenvalue weighted by Crippen LogP contribution is -2.65. The average Bonchev–Trinajstić information content (AvgIpc) is 1.71. The van der Waals surface area contributed by atoms with Gasteiger partial charge in [0.2, 0.25) is 0 Å². The first-order valence-corrected chi connectivity index (χ1v) is 45.3. The van der Waals surface area contributed by atoms with Crippen LogP contribution in [0.1, 0.15) is 182 Å². The van der Waals surface area contributed by atoms with E-state index in [1.807, 2.05) is 76.1 Å². The van der Waals surface area contributed by atoms with E-state index in [9.17, 15) is 88.3 Å². The highest BCUT2D eigenvalue weighted by atomic mass is 32.1. The lowest BCUT2D eigenvalue weighted by atomic mass is 9.81. The number of carboxylic acids is 3. The van der Waals surface area contributed by atoms with Crippen molar-refractivity contribution in [1.29, 1.82) is 0 Å². The molecule has 0 radical (unpaired) electrons. The molecule has 12 fully saturated rings. The molecule has 3 saturated carbocycles. The number of phenolic OH excluding ortho intramolecular Hbond substituents is 1. The van der Waals surface area contributed by atoms with Gasteiger partial charge in [-0.2, -0.15) is 39.5 Å². The highest BCUT2D eigenvalue weighted by molar-refractivity contribution is 7.12. The molecule has 676 valence electrons.